The zero-order valence-corrected chi connectivity index (χ0v) is 26.9. The van der Waals surface area contributed by atoms with E-state index in [4.69, 9.17) is 10.7 Å². The van der Waals surface area contributed by atoms with Crippen molar-refractivity contribution >= 4 is 28.6 Å². The lowest BCUT2D eigenvalue weighted by Crippen LogP contribution is -2.39. The molecule has 268 valence electrons. The van der Waals surface area contributed by atoms with Crippen LogP contribution in [0.3, 0.4) is 0 Å². The molecule has 9 nitrogen and oxygen atoms in total. The number of carbonyl (C=O) groups excluding carboxylic acids is 1. The number of halogens is 8. The van der Waals surface area contributed by atoms with Crippen molar-refractivity contribution in [2.24, 2.45) is 24.6 Å². The van der Waals surface area contributed by atoms with E-state index in [1.807, 2.05) is 0 Å². The van der Waals surface area contributed by atoms with E-state index in [0.717, 1.165) is 55.5 Å². The van der Waals surface area contributed by atoms with E-state index in [9.17, 15) is 39.9 Å². The van der Waals surface area contributed by atoms with Gasteiger partial charge in [0.2, 0.25) is 5.91 Å². The minimum absolute atomic E-state index is 0.0134. The summed E-state index contributed by atoms with van der Waals surface area (Å²) in [6, 6.07) is 4.92. The van der Waals surface area contributed by atoms with Crippen molar-refractivity contribution in [3.8, 4) is 0 Å². The molecule has 1 aliphatic heterocycles. The third kappa shape index (κ3) is 7.75. The lowest BCUT2D eigenvalue weighted by Gasteiger charge is -2.38. The van der Waals surface area contributed by atoms with Crippen LogP contribution in [0.4, 0.5) is 46.9 Å². The van der Waals surface area contributed by atoms with Crippen molar-refractivity contribution in [2.45, 2.75) is 76.4 Å². The van der Waals surface area contributed by atoms with Gasteiger partial charge in [0.15, 0.2) is 11.6 Å². The first kappa shape index (κ1) is 35.3. The molecule has 17 heteroatoms. The Hall–Kier alpha value is -4.57. The number of primary amides is 1. The molecule has 2 aromatic carbocycles. The number of amides is 1. The van der Waals surface area contributed by atoms with Crippen molar-refractivity contribution in [2.75, 3.05) is 16.3 Å². The Morgan fingerprint density at radius 2 is 1.56 bits per heavy atom. The van der Waals surface area contributed by atoms with Crippen LogP contribution in [0, 0.1) is 23.5 Å². The predicted molar refractivity (Wildman–Crippen MR) is 166 cm³/mol. The van der Waals surface area contributed by atoms with Crippen LogP contribution in [0.25, 0.3) is 10.9 Å². The highest BCUT2D eigenvalue weighted by Gasteiger charge is 2.38. The Morgan fingerprint density at radius 3 is 2.16 bits per heavy atom. The van der Waals surface area contributed by atoms with E-state index < -0.39 is 41.7 Å². The molecule has 6 rings (SSSR count). The molecule has 2 N–H and O–H groups in total. The first-order chi connectivity index (χ1) is 23.5. The molecule has 1 aliphatic carbocycles. The highest BCUT2D eigenvalue weighted by molar-refractivity contribution is 5.82. The zero-order valence-electron chi connectivity index (χ0n) is 26.9. The summed E-state index contributed by atoms with van der Waals surface area (Å²) in [5, 5.41) is 12.2. The van der Waals surface area contributed by atoms with E-state index in [1.54, 1.807) is 6.07 Å². The van der Waals surface area contributed by atoms with Crippen LogP contribution in [-0.2, 0) is 37.3 Å². The second kappa shape index (κ2) is 13.6. The SMILES string of the molecule is Cn1nnc(N(Cc2cc(C(F)(F)F)cc(C(F)(F)F)c2)Cc2cc3cc(F)c(F)cc3nc2N2CCC[C@@H]2[C@H]2CC[C@H](CC(N)=O)CC2)n1. The van der Waals surface area contributed by atoms with Gasteiger partial charge >= 0.3 is 12.4 Å². The van der Waals surface area contributed by atoms with Crippen LogP contribution < -0.4 is 15.5 Å². The van der Waals surface area contributed by atoms with Crippen LogP contribution >= 0.6 is 0 Å². The molecular weight excluding hydrogens is 676 g/mol. The number of nitrogens with zero attached hydrogens (tertiary/aromatic N) is 7. The minimum Gasteiger partial charge on any atom is -0.370 e. The van der Waals surface area contributed by atoms with Gasteiger partial charge in [-0.15, -0.1) is 5.10 Å². The summed E-state index contributed by atoms with van der Waals surface area (Å²) >= 11 is 0. The van der Waals surface area contributed by atoms with Gasteiger partial charge in [0.1, 0.15) is 5.82 Å². The van der Waals surface area contributed by atoms with Gasteiger partial charge in [-0.2, -0.15) is 31.1 Å². The Bertz CT molecular complexity index is 1840. The molecular formula is C33H34F8N8O. The molecule has 50 heavy (non-hydrogen) atoms. The highest BCUT2D eigenvalue weighted by Crippen LogP contribution is 2.41. The van der Waals surface area contributed by atoms with E-state index in [1.165, 1.54) is 11.9 Å². The van der Waals surface area contributed by atoms with Gasteiger partial charge < -0.3 is 15.5 Å². The quantitative estimate of drug-likeness (QED) is 0.188. The topological polar surface area (TPSA) is 106 Å². The van der Waals surface area contributed by atoms with E-state index in [-0.39, 0.29) is 58.8 Å². The number of pyridine rings is 1. The summed E-state index contributed by atoms with van der Waals surface area (Å²) in [6.07, 6.45) is -4.82. The lowest BCUT2D eigenvalue weighted by atomic mass is 9.76. The molecule has 2 aromatic heterocycles. The number of hydrogen-bond acceptors (Lipinski definition) is 7. The summed E-state index contributed by atoms with van der Waals surface area (Å²) in [7, 11) is 1.45. The lowest BCUT2D eigenvalue weighted by molar-refractivity contribution is -0.143. The second-order valence-electron chi connectivity index (χ2n) is 13.1. The van der Waals surface area contributed by atoms with Crippen molar-refractivity contribution in [1.29, 1.82) is 0 Å². The summed E-state index contributed by atoms with van der Waals surface area (Å²) in [5.41, 5.74) is 2.80. The summed E-state index contributed by atoms with van der Waals surface area (Å²) in [5.74, 6) is -1.76. The van der Waals surface area contributed by atoms with Crippen LogP contribution in [0.2, 0.25) is 0 Å². The molecule has 1 amide bonds. The Labute approximate surface area is 281 Å². The number of tetrazole rings is 1. The molecule has 3 heterocycles. The standard InChI is InChI=1S/C33H34F8N8O/c1-47-45-31(44-46-47)48(16-19-9-23(32(36,37)38)14-24(10-19)33(39,40)41)17-22-12-21-13-25(34)26(35)15-27(21)43-30(22)49-8-2-3-28(49)20-6-4-18(5-7-20)11-29(42)50/h9-10,12-15,18,20,28H,2-8,11,16-17H2,1H3,(H2,42,50)/t18-,20-,28-/m1/s1. The van der Waals surface area contributed by atoms with Gasteiger partial charge in [0, 0.05) is 49.1 Å². The third-order valence-corrected chi connectivity index (χ3v) is 9.57. The molecule has 2 fully saturated rings. The number of rotatable bonds is 9. The molecule has 2 aliphatic rings. The zero-order chi connectivity index (χ0) is 36.0. The first-order valence-electron chi connectivity index (χ1n) is 16.2. The normalized spacial score (nSPS) is 20.1. The summed E-state index contributed by atoms with van der Waals surface area (Å²) in [6.45, 7) is -0.0799. The van der Waals surface area contributed by atoms with Crippen LogP contribution in [0.1, 0.15) is 67.2 Å². The van der Waals surface area contributed by atoms with E-state index in [0.29, 0.717) is 36.5 Å². The van der Waals surface area contributed by atoms with Gasteiger partial charge in [0.05, 0.1) is 23.7 Å². The van der Waals surface area contributed by atoms with E-state index in [2.05, 4.69) is 20.3 Å². The van der Waals surface area contributed by atoms with Gasteiger partial charge in [-0.3, -0.25) is 4.79 Å². The molecule has 4 aromatic rings. The smallest absolute Gasteiger partial charge is 0.370 e. The van der Waals surface area contributed by atoms with Crippen LogP contribution in [0.15, 0.2) is 36.4 Å². The number of aryl methyl sites for hydroxylation is 1. The summed E-state index contributed by atoms with van der Waals surface area (Å²) < 4.78 is 111. The minimum atomic E-state index is -5.05. The fourth-order valence-corrected chi connectivity index (χ4v) is 7.31. The molecule has 1 atom stereocenters. The van der Waals surface area contributed by atoms with Gasteiger partial charge in [-0.1, -0.05) is 5.10 Å². The largest absolute Gasteiger partial charge is 0.416 e. The van der Waals surface area contributed by atoms with Gasteiger partial charge in [0.25, 0.3) is 5.95 Å². The number of nitrogens with two attached hydrogens (primary N) is 1. The fraction of sp³-hybridized carbons (Fsp3) is 0.485. The molecule has 1 saturated carbocycles. The molecule has 0 bridgehead atoms. The Morgan fingerprint density at radius 1 is 0.900 bits per heavy atom. The number of carbonyl (C=O) groups is 1. The van der Waals surface area contributed by atoms with Crippen LogP contribution in [0.5, 0.6) is 0 Å². The Balaban J connectivity index is 1.40. The second-order valence-corrected chi connectivity index (χ2v) is 13.1. The average molecular weight is 711 g/mol. The number of aromatic nitrogens is 5. The summed E-state index contributed by atoms with van der Waals surface area (Å²) in [4.78, 5) is 20.8. The Kier molecular flexibility index (Phi) is 9.61. The molecule has 1 saturated heterocycles. The predicted octanol–water partition coefficient (Wildman–Crippen LogP) is 6.93. The number of fused-ring (bicyclic) bond motifs is 1. The van der Waals surface area contributed by atoms with Crippen molar-refractivity contribution in [3.05, 3.63) is 70.3 Å². The molecule has 0 spiro atoms. The molecule has 0 unspecified atom stereocenters. The number of hydrogen-bond donors (Lipinski definition) is 1. The maximum absolute atomic E-state index is 14.4. The highest BCUT2D eigenvalue weighted by atomic mass is 19.4. The fourth-order valence-electron chi connectivity index (χ4n) is 7.31. The number of alkyl halides is 6. The van der Waals surface area contributed by atoms with Crippen LogP contribution in [-0.4, -0.2) is 43.7 Å². The van der Waals surface area contributed by atoms with Gasteiger partial charge in [-0.05, 0) is 91.5 Å². The van der Waals surface area contributed by atoms with Gasteiger partial charge in [-0.25, -0.2) is 13.8 Å². The molecule has 0 radical (unpaired) electrons. The first-order valence-corrected chi connectivity index (χ1v) is 16.2. The monoisotopic (exact) mass is 710 g/mol. The maximum atomic E-state index is 14.4. The number of benzene rings is 2. The van der Waals surface area contributed by atoms with E-state index >= 15 is 0 Å². The third-order valence-electron chi connectivity index (χ3n) is 9.57. The average Bonchev–Trinajstić information content (AvgIpc) is 3.70. The van der Waals surface area contributed by atoms with Crippen molar-refractivity contribution < 1.29 is 39.9 Å². The maximum Gasteiger partial charge on any atom is 0.416 e. The van der Waals surface area contributed by atoms with Crippen molar-refractivity contribution in [1.82, 2.24) is 25.2 Å². The number of anilines is 2. The van der Waals surface area contributed by atoms with Crippen molar-refractivity contribution in [3.63, 3.8) is 0 Å².